The molecule has 7 nitrogen and oxygen atoms in total. The second kappa shape index (κ2) is 6.50. The van der Waals surface area contributed by atoms with Gasteiger partial charge in [-0.15, -0.1) is 0 Å². The van der Waals surface area contributed by atoms with Gasteiger partial charge in [0.25, 0.3) is 15.9 Å². The molecule has 1 aromatic heterocycles. The molecule has 0 bridgehead atoms. The van der Waals surface area contributed by atoms with Crippen LogP contribution in [0.4, 0.5) is 5.69 Å². The van der Waals surface area contributed by atoms with E-state index in [1.54, 1.807) is 48.8 Å². The van der Waals surface area contributed by atoms with Crippen molar-refractivity contribution in [3.8, 4) is 0 Å². The summed E-state index contributed by atoms with van der Waals surface area (Å²) in [5.41, 5.74) is 3.35. The summed E-state index contributed by atoms with van der Waals surface area (Å²) < 4.78 is 27.5. The highest BCUT2D eigenvalue weighted by Gasteiger charge is 2.16. The summed E-state index contributed by atoms with van der Waals surface area (Å²) in [6.07, 6.45) is 1.32. The van der Waals surface area contributed by atoms with E-state index in [4.69, 9.17) is 5.21 Å². The van der Waals surface area contributed by atoms with E-state index in [2.05, 4.69) is 9.71 Å². The lowest BCUT2D eigenvalue weighted by Crippen LogP contribution is -2.18. The molecule has 0 aliphatic heterocycles. The summed E-state index contributed by atoms with van der Waals surface area (Å²) in [5.74, 6) is -0.666. The SMILES string of the molecule is Cc1c(NS(=O)(=O)c2ccccc2)ccc2cc(C(=O)NO)cnc12. The van der Waals surface area contributed by atoms with E-state index in [1.807, 2.05) is 0 Å². The number of hydrogen-bond donors (Lipinski definition) is 3. The van der Waals surface area contributed by atoms with E-state index in [-0.39, 0.29) is 10.5 Å². The highest BCUT2D eigenvalue weighted by Crippen LogP contribution is 2.26. The summed E-state index contributed by atoms with van der Waals surface area (Å²) >= 11 is 0. The third-order valence-electron chi connectivity index (χ3n) is 3.77. The van der Waals surface area contributed by atoms with Gasteiger partial charge in [0.15, 0.2) is 0 Å². The fraction of sp³-hybridized carbons (Fsp3) is 0.0588. The molecule has 0 aliphatic rings. The number of nitrogens with zero attached hydrogens (tertiary/aromatic N) is 1. The number of carbonyl (C=O) groups is 1. The molecule has 0 atom stereocenters. The van der Waals surface area contributed by atoms with Crippen LogP contribution < -0.4 is 10.2 Å². The fourth-order valence-electron chi connectivity index (χ4n) is 2.45. The van der Waals surface area contributed by atoms with Crippen LogP contribution >= 0.6 is 0 Å². The molecule has 0 spiro atoms. The Morgan fingerprint density at radius 1 is 1.12 bits per heavy atom. The van der Waals surface area contributed by atoms with Gasteiger partial charge in [-0.1, -0.05) is 24.3 Å². The largest absolute Gasteiger partial charge is 0.288 e. The quantitative estimate of drug-likeness (QED) is 0.491. The number of carbonyl (C=O) groups excluding carboxylic acids is 1. The lowest BCUT2D eigenvalue weighted by Gasteiger charge is -2.12. The Morgan fingerprint density at radius 2 is 1.84 bits per heavy atom. The van der Waals surface area contributed by atoms with Crippen LogP contribution in [0.5, 0.6) is 0 Å². The number of sulfonamides is 1. The summed E-state index contributed by atoms with van der Waals surface area (Å²) in [7, 11) is -3.70. The third kappa shape index (κ3) is 3.30. The predicted molar refractivity (Wildman–Crippen MR) is 93.0 cm³/mol. The van der Waals surface area contributed by atoms with Crippen molar-refractivity contribution in [2.24, 2.45) is 0 Å². The first-order valence-corrected chi connectivity index (χ1v) is 8.82. The minimum atomic E-state index is -3.70. The van der Waals surface area contributed by atoms with Crippen LogP contribution in [0.15, 0.2) is 59.6 Å². The summed E-state index contributed by atoms with van der Waals surface area (Å²) in [4.78, 5) is 15.8. The van der Waals surface area contributed by atoms with Crippen LogP contribution in [-0.4, -0.2) is 24.5 Å². The van der Waals surface area contributed by atoms with Crippen LogP contribution in [0.3, 0.4) is 0 Å². The average molecular weight is 357 g/mol. The molecule has 0 saturated heterocycles. The molecule has 3 aromatic rings. The first-order valence-electron chi connectivity index (χ1n) is 7.34. The number of aryl methyl sites for hydroxylation is 1. The van der Waals surface area contributed by atoms with Gasteiger partial charge >= 0.3 is 0 Å². The Morgan fingerprint density at radius 3 is 2.52 bits per heavy atom. The molecule has 0 unspecified atom stereocenters. The topological polar surface area (TPSA) is 108 Å². The Hall–Kier alpha value is -2.97. The molecule has 0 aliphatic carbocycles. The first-order chi connectivity index (χ1) is 11.9. The van der Waals surface area contributed by atoms with Gasteiger partial charge in [-0.25, -0.2) is 13.9 Å². The second-order valence-electron chi connectivity index (χ2n) is 5.39. The van der Waals surface area contributed by atoms with Gasteiger partial charge in [-0.2, -0.15) is 0 Å². The van der Waals surface area contributed by atoms with Crippen LogP contribution in [-0.2, 0) is 10.0 Å². The van der Waals surface area contributed by atoms with Gasteiger partial charge in [0.05, 0.1) is 21.7 Å². The van der Waals surface area contributed by atoms with Crippen molar-refractivity contribution in [1.29, 1.82) is 0 Å². The summed E-state index contributed by atoms with van der Waals surface area (Å²) in [5, 5.41) is 9.34. The molecule has 1 amide bonds. The number of nitrogens with one attached hydrogen (secondary N) is 2. The normalized spacial score (nSPS) is 11.3. The molecule has 2 aromatic carbocycles. The maximum absolute atomic E-state index is 12.5. The molecule has 25 heavy (non-hydrogen) atoms. The van der Waals surface area contributed by atoms with Crippen LogP contribution in [0.2, 0.25) is 0 Å². The van der Waals surface area contributed by atoms with E-state index in [0.29, 0.717) is 22.2 Å². The fourth-order valence-corrected chi connectivity index (χ4v) is 3.59. The third-order valence-corrected chi connectivity index (χ3v) is 5.15. The van der Waals surface area contributed by atoms with Crippen LogP contribution in [0.25, 0.3) is 10.9 Å². The summed E-state index contributed by atoms with van der Waals surface area (Å²) in [6.45, 7) is 1.74. The number of hydroxylamine groups is 1. The number of benzene rings is 2. The zero-order chi connectivity index (χ0) is 18.0. The average Bonchev–Trinajstić information content (AvgIpc) is 2.63. The zero-order valence-corrected chi connectivity index (χ0v) is 14.0. The molecule has 0 fully saturated rings. The minimum absolute atomic E-state index is 0.164. The number of amides is 1. The maximum atomic E-state index is 12.5. The van der Waals surface area contributed by atoms with Crippen molar-refractivity contribution in [3.63, 3.8) is 0 Å². The van der Waals surface area contributed by atoms with E-state index in [0.717, 1.165) is 0 Å². The van der Waals surface area contributed by atoms with Gasteiger partial charge in [0.2, 0.25) is 0 Å². The number of hydrogen-bond acceptors (Lipinski definition) is 5. The van der Waals surface area contributed by atoms with E-state index in [1.165, 1.54) is 18.3 Å². The Balaban J connectivity index is 2.01. The monoisotopic (exact) mass is 357 g/mol. The van der Waals surface area contributed by atoms with Crippen molar-refractivity contribution in [3.05, 3.63) is 65.9 Å². The van der Waals surface area contributed by atoms with Gasteiger partial charge in [-0.3, -0.25) is 19.7 Å². The number of anilines is 1. The van der Waals surface area contributed by atoms with Crippen molar-refractivity contribution < 1.29 is 18.4 Å². The molecule has 128 valence electrons. The van der Waals surface area contributed by atoms with Crippen LogP contribution in [0.1, 0.15) is 15.9 Å². The van der Waals surface area contributed by atoms with E-state index in [9.17, 15) is 13.2 Å². The molecule has 0 saturated carbocycles. The molecule has 3 N–H and O–H groups in total. The summed E-state index contributed by atoms with van der Waals surface area (Å²) in [6, 6.07) is 12.9. The molecule has 3 rings (SSSR count). The van der Waals surface area contributed by atoms with Crippen molar-refractivity contribution in [1.82, 2.24) is 10.5 Å². The standard InChI is InChI=1S/C17H15N3O4S/c1-11-15(20-25(23,24)14-5-3-2-4-6-14)8-7-12-9-13(17(21)19-22)10-18-16(11)12/h2-10,20,22H,1H3,(H,19,21). The Bertz CT molecular complexity index is 1050. The second-order valence-corrected chi connectivity index (χ2v) is 7.08. The number of aromatic nitrogens is 1. The predicted octanol–water partition coefficient (Wildman–Crippen LogP) is 2.46. The van der Waals surface area contributed by atoms with Gasteiger partial charge < -0.3 is 0 Å². The minimum Gasteiger partial charge on any atom is -0.288 e. The van der Waals surface area contributed by atoms with Gasteiger partial charge in [0, 0.05) is 11.6 Å². The molecular weight excluding hydrogens is 342 g/mol. The number of pyridine rings is 1. The van der Waals surface area contributed by atoms with Gasteiger partial charge in [-0.05, 0) is 36.8 Å². The van der Waals surface area contributed by atoms with Crippen molar-refractivity contribution in [2.45, 2.75) is 11.8 Å². The lowest BCUT2D eigenvalue weighted by atomic mass is 10.1. The first kappa shape index (κ1) is 16.9. The molecule has 1 heterocycles. The maximum Gasteiger partial charge on any atom is 0.276 e. The highest BCUT2D eigenvalue weighted by atomic mass is 32.2. The van der Waals surface area contributed by atoms with Crippen molar-refractivity contribution in [2.75, 3.05) is 4.72 Å². The molecule has 0 radical (unpaired) electrons. The number of fused-ring (bicyclic) bond motifs is 1. The zero-order valence-electron chi connectivity index (χ0n) is 13.2. The molecule has 8 heteroatoms. The smallest absolute Gasteiger partial charge is 0.276 e. The lowest BCUT2D eigenvalue weighted by molar-refractivity contribution is 0.0706. The Kier molecular flexibility index (Phi) is 4.39. The number of rotatable bonds is 4. The van der Waals surface area contributed by atoms with Crippen LogP contribution in [0, 0.1) is 6.92 Å². The van der Waals surface area contributed by atoms with Gasteiger partial charge in [0.1, 0.15) is 0 Å². The van der Waals surface area contributed by atoms with E-state index < -0.39 is 15.9 Å². The Labute approximate surface area is 144 Å². The highest BCUT2D eigenvalue weighted by molar-refractivity contribution is 7.92. The van der Waals surface area contributed by atoms with E-state index >= 15 is 0 Å². The molecular formula is C17H15N3O4S. The van der Waals surface area contributed by atoms with Crippen molar-refractivity contribution >= 4 is 32.5 Å².